The summed E-state index contributed by atoms with van der Waals surface area (Å²) in [5, 5.41) is 8.75. The van der Waals surface area contributed by atoms with E-state index in [0.717, 1.165) is 5.56 Å². The van der Waals surface area contributed by atoms with Crippen molar-refractivity contribution < 1.29 is 13.5 Å². The number of fused-ring (bicyclic) bond motifs is 1. The number of benzene rings is 2. The molecule has 1 heterocycles. The van der Waals surface area contributed by atoms with Crippen LogP contribution in [-0.2, 0) is 13.0 Å². The third kappa shape index (κ3) is 2.69. The molecular formula is C17H13FN2O3. The van der Waals surface area contributed by atoms with Crippen molar-refractivity contribution in [1.29, 1.82) is 5.26 Å². The van der Waals surface area contributed by atoms with E-state index in [-0.39, 0.29) is 29.6 Å². The lowest BCUT2D eigenvalue weighted by atomic mass is 10.1. The van der Waals surface area contributed by atoms with Crippen LogP contribution in [-0.4, -0.2) is 11.7 Å². The van der Waals surface area contributed by atoms with Crippen LogP contribution in [0.15, 0.2) is 45.6 Å². The topological polar surface area (TPSA) is 68.2 Å². The fourth-order valence-corrected chi connectivity index (χ4v) is 2.44. The van der Waals surface area contributed by atoms with E-state index in [0.29, 0.717) is 5.75 Å². The molecule has 0 atom stereocenters. The highest BCUT2D eigenvalue weighted by molar-refractivity contribution is 5.75. The van der Waals surface area contributed by atoms with Crippen LogP contribution < -0.4 is 10.5 Å². The molecule has 5 nitrogen and oxygen atoms in total. The van der Waals surface area contributed by atoms with Gasteiger partial charge < -0.3 is 9.15 Å². The molecule has 0 bridgehead atoms. The molecule has 3 aromatic rings. The molecule has 0 amide bonds. The first kappa shape index (κ1) is 14.9. The van der Waals surface area contributed by atoms with Crippen molar-refractivity contribution in [3.63, 3.8) is 0 Å². The second-order valence-electron chi connectivity index (χ2n) is 5.02. The lowest BCUT2D eigenvalue weighted by Gasteiger charge is -2.06. The Bertz CT molecular complexity index is 949. The fourth-order valence-electron chi connectivity index (χ4n) is 2.44. The summed E-state index contributed by atoms with van der Waals surface area (Å²) in [4.78, 5) is 12.0. The summed E-state index contributed by atoms with van der Waals surface area (Å²) < 4.78 is 26.0. The average molecular weight is 312 g/mol. The number of nitrogens with zero attached hydrogens (tertiary/aromatic N) is 2. The molecule has 2 aromatic carbocycles. The number of oxazole rings is 1. The summed E-state index contributed by atoms with van der Waals surface area (Å²) in [6, 6.07) is 12.0. The van der Waals surface area contributed by atoms with Gasteiger partial charge in [0.2, 0.25) is 0 Å². The number of halogens is 1. The maximum atomic E-state index is 14.6. The Morgan fingerprint density at radius 3 is 2.65 bits per heavy atom. The van der Waals surface area contributed by atoms with Gasteiger partial charge in [-0.25, -0.2) is 9.18 Å². The number of methoxy groups -OCH3 is 1. The standard InChI is InChI=1S/C17H13FN2O3/c1-22-13-5-2-11(3-6-13)10-20-16-14(23-17(20)21)7-4-12(8-9-19)15(16)18/h2-7H,8,10H2,1H3. The highest BCUT2D eigenvalue weighted by Crippen LogP contribution is 2.22. The van der Waals surface area contributed by atoms with Gasteiger partial charge in [-0.1, -0.05) is 18.2 Å². The first-order valence-electron chi connectivity index (χ1n) is 6.94. The van der Waals surface area contributed by atoms with Crippen molar-refractivity contribution in [2.24, 2.45) is 0 Å². The van der Waals surface area contributed by atoms with Crippen molar-refractivity contribution in [2.45, 2.75) is 13.0 Å². The Balaban J connectivity index is 2.08. The number of hydrogen-bond acceptors (Lipinski definition) is 4. The second kappa shape index (κ2) is 5.97. The predicted octanol–water partition coefficient (Wildman–Crippen LogP) is 2.86. The third-order valence-corrected chi connectivity index (χ3v) is 3.62. The van der Waals surface area contributed by atoms with Gasteiger partial charge in [0.05, 0.1) is 26.1 Å². The van der Waals surface area contributed by atoms with Gasteiger partial charge in [-0.2, -0.15) is 5.26 Å². The Hall–Kier alpha value is -3.07. The van der Waals surface area contributed by atoms with Crippen LogP contribution in [0.4, 0.5) is 4.39 Å². The summed E-state index contributed by atoms with van der Waals surface area (Å²) in [6.45, 7) is 0.169. The summed E-state index contributed by atoms with van der Waals surface area (Å²) in [5.41, 5.74) is 1.30. The van der Waals surface area contributed by atoms with Crippen molar-refractivity contribution in [3.8, 4) is 11.8 Å². The van der Waals surface area contributed by atoms with E-state index in [1.54, 1.807) is 31.4 Å². The first-order chi connectivity index (χ1) is 11.1. The number of ether oxygens (including phenoxy) is 1. The zero-order valence-corrected chi connectivity index (χ0v) is 12.4. The normalized spacial score (nSPS) is 10.7. The zero-order chi connectivity index (χ0) is 16.4. The Labute approximate surface area is 131 Å². The molecule has 0 spiro atoms. The van der Waals surface area contributed by atoms with E-state index in [2.05, 4.69) is 0 Å². The number of hydrogen-bond donors (Lipinski definition) is 0. The van der Waals surface area contributed by atoms with E-state index in [4.69, 9.17) is 14.4 Å². The minimum Gasteiger partial charge on any atom is -0.497 e. The first-order valence-corrected chi connectivity index (χ1v) is 6.94. The maximum Gasteiger partial charge on any atom is 0.420 e. The van der Waals surface area contributed by atoms with Crippen LogP contribution in [0, 0.1) is 17.1 Å². The highest BCUT2D eigenvalue weighted by Gasteiger charge is 2.17. The van der Waals surface area contributed by atoms with Crippen LogP contribution in [0.1, 0.15) is 11.1 Å². The molecule has 0 saturated heterocycles. The quantitative estimate of drug-likeness (QED) is 0.743. The monoisotopic (exact) mass is 312 g/mol. The summed E-state index contributed by atoms with van der Waals surface area (Å²) in [7, 11) is 1.56. The van der Waals surface area contributed by atoms with Crippen molar-refractivity contribution >= 4 is 11.1 Å². The number of nitriles is 1. The van der Waals surface area contributed by atoms with E-state index in [9.17, 15) is 9.18 Å². The summed E-state index contributed by atoms with van der Waals surface area (Å²) in [6.07, 6.45) is -0.0658. The highest BCUT2D eigenvalue weighted by atomic mass is 19.1. The van der Waals surface area contributed by atoms with Crippen LogP contribution in [0.3, 0.4) is 0 Å². The molecule has 0 aliphatic rings. The molecule has 0 aliphatic carbocycles. The van der Waals surface area contributed by atoms with Crippen LogP contribution in [0.5, 0.6) is 5.75 Å². The lowest BCUT2D eigenvalue weighted by Crippen LogP contribution is -2.15. The second-order valence-corrected chi connectivity index (χ2v) is 5.02. The molecule has 0 saturated carbocycles. The zero-order valence-electron chi connectivity index (χ0n) is 12.4. The van der Waals surface area contributed by atoms with Gasteiger partial charge in [-0.3, -0.25) is 4.57 Å². The third-order valence-electron chi connectivity index (χ3n) is 3.62. The van der Waals surface area contributed by atoms with Crippen LogP contribution >= 0.6 is 0 Å². The minimum atomic E-state index is -0.635. The lowest BCUT2D eigenvalue weighted by molar-refractivity contribution is 0.414. The fraction of sp³-hybridized carbons (Fsp3) is 0.176. The minimum absolute atomic E-state index is 0.0658. The predicted molar refractivity (Wildman–Crippen MR) is 81.8 cm³/mol. The van der Waals surface area contributed by atoms with Gasteiger partial charge in [-0.15, -0.1) is 0 Å². The van der Waals surface area contributed by atoms with Crippen molar-refractivity contribution in [1.82, 2.24) is 4.57 Å². The molecule has 0 N–H and O–H groups in total. The van der Waals surface area contributed by atoms with Gasteiger partial charge in [-0.05, 0) is 23.8 Å². The molecule has 0 aliphatic heterocycles. The molecule has 23 heavy (non-hydrogen) atoms. The molecule has 6 heteroatoms. The van der Waals surface area contributed by atoms with Crippen molar-refractivity contribution in [3.05, 3.63) is 63.9 Å². The Morgan fingerprint density at radius 1 is 1.26 bits per heavy atom. The molecule has 1 aromatic heterocycles. The maximum absolute atomic E-state index is 14.6. The smallest absolute Gasteiger partial charge is 0.420 e. The van der Waals surface area contributed by atoms with E-state index in [1.165, 1.54) is 16.7 Å². The van der Waals surface area contributed by atoms with Gasteiger partial charge in [0.1, 0.15) is 11.3 Å². The van der Waals surface area contributed by atoms with Gasteiger partial charge in [0.25, 0.3) is 0 Å². The molecule has 116 valence electrons. The van der Waals surface area contributed by atoms with E-state index in [1.807, 2.05) is 6.07 Å². The Morgan fingerprint density at radius 2 is 2.00 bits per heavy atom. The molecule has 0 unspecified atom stereocenters. The van der Waals surface area contributed by atoms with Crippen molar-refractivity contribution in [2.75, 3.05) is 7.11 Å². The van der Waals surface area contributed by atoms with E-state index >= 15 is 0 Å². The molecule has 0 radical (unpaired) electrons. The van der Waals surface area contributed by atoms with Gasteiger partial charge in [0, 0.05) is 5.56 Å². The number of aromatic nitrogens is 1. The van der Waals surface area contributed by atoms with Gasteiger partial charge >= 0.3 is 5.76 Å². The SMILES string of the molecule is COc1ccc(Cn2c(=O)oc3ccc(CC#N)c(F)c32)cc1. The van der Waals surface area contributed by atoms with E-state index < -0.39 is 11.6 Å². The number of rotatable bonds is 4. The summed E-state index contributed by atoms with van der Waals surface area (Å²) in [5.74, 6) is -0.534. The molecular weight excluding hydrogens is 299 g/mol. The van der Waals surface area contributed by atoms with Crippen LogP contribution in [0.2, 0.25) is 0 Å². The average Bonchev–Trinajstić information content (AvgIpc) is 2.88. The molecule has 3 rings (SSSR count). The van der Waals surface area contributed by atoms with Gasteiger partial charge in [0.15, 0.2) is 11.4 Å². The largest absolute Gasteiger partial charge is 0.497 e. The van der Waals surface area contributed by atoms with Crippen LogP contribution in [0.25, 0.3) is 11.1 Å². The molecule has 0 fully saturated rings. The Kier molecular flexibility index (Phi) is 3.85. The summed E-state index contributed by atoms with van der Waals surface area (Å²) >= 11 is 0.